The van der Waals surface area contributed by atoms with E-state index in [4.69, 9.17) is 21.0 Å². The molecule has 0 bridgehead atoms. The Bertz CT molecular complexity index is 1170. The number of carbonyl (C=O) groups is 2. The molecule has 1 aromatic heterocycles. The van der Waals surface area contributed by atoms with Crippen LogP contribution in [-0.2, 0) is 32.6 Å². The highest BCUT2D eigenvalue weighted by atomic mass is 32.2. The van der Waals surface area contributed by atoms with E-state index in [0.29, 0.717) is 37.4 Å². The van der Waals surface area contributed by atoms with Gasteiger partial charge in [-0.15, -0.1) is 11.3 Å². The molecule has 14 heteroatoms. The van der Waals surface area contributed by atoms with Gasteiger partial charge in [0.2, 0.25) is 15.9 Å². The number of rotatable bonds is 9. The number of hydrogen-bond donors (Lipinski definition) is 3. The Morgan fingerprint density at radius 1 is 1.28 bits per heavy atom. The first-order valence-electron chi connectivity index (χ1n) is 10.7. The number of sulfonamides is 1. The molecule has 0 saturated carbocycles. The first-order chi connectivity index (χ1) is 16.7. The number of carboxylic acid groups (broad SMARTS) is 1. The molecular weight excluding hydrogens is 521 g/mol. The van der Waals surface area contributed by atoms with Gasteiger partial charge in [0.1, 0.15) is 11.9 Å². The van der Waals surface area contributed by atoms with Crippen molar-refractivity contribution in [3.8, 4) is 0 Å². The van der Waals surface area contributed by atoms with Crippen LogP contribution in [-0.4, -0.2) is 72.0 Å². The van der Waals surface area contributed by atoms with Gasteiger partial charge < -0.3 is 15.7 Å². The summed E-state index contributed by atoms with van der Waals surface area (Å²) in [7, 11) is -3.50. The number of carboxylic acids is 1. The fourth-order valence-corrected chi connectivity index (χ4v) is 5.49. The molecule has 0 spiro atoms. The van der Waals surface area contributed by atoms with Gasteiger partial charge in [-0.1, -0.05) is 30.3 Å². The van der Waals surface area contributed by atoms with E-state index in [-0.39, 0.29) is 11.7 Å². The molecule has 0 aliphatic carbocycles. The van der Waals surface area contributed by atoms with Crippen LogP contribution < -0.4 is 5.73 Å². The maximum Gasteiger partial charge on any atom is 0.490 e. The van der Waals surface area contributed by atoms with Gasteiger partial charge in [-0.3, -0.25) is 10.2 Å². The molecule has 3 rings (SSSR count). The number of nitrogens with two attached hydrogens (primary N) is 1. The van der Waals surface area contributed by atoms with Crippen molar-refractivity contribution in [2.75, 3.05) is 19.3 Å². The molecule has 198 valence electrons. The number of thiophene rings is 1. The Labute approximate surface area is 210 Å². The number of halogens is 3. The zero-order chi connectivity index (χ0) is 27.1. The molecular formula is C22H27F3N4O5S2. The summed E-state index contributed by atoms with van der Waals surface area (Å²) in [6.07, 6.45) is -2.00. The first kappa shape index (κ1) is 29.3. The zero-order valence-corrected chi connectivity index (χ0v) is 21.0. The Morgan fingerprint density at radius 2 is 1.89 bits per heavy atom. The van der Waals surface area contributed by atoms with Crippen LogP contribution in [0.5, 0.6) is 0 Å². The molecule has 0 radical (unpaired) electrons. The third kappa shape index (κ3) is 8.60. The van der Waals surface area contributed by atoms with Crippen LogP contribution in [0.1, 0.15) is 28.8 Å². The van der Waals surface area contributed by atoms with Crippen LogP contribution >= 0.6 is 11.3 Å². The highest BCUT2D eigenvalue weighted by Gasteiger charge is 2.40. The van der Waals surface area contributed by atoms with Crippen LogP contribution in [0, 0.1) is 5.41 Å². The van der Waals surface area contributed by atoms with Crippen LogP contribution in [0.2, 0.25) is 0 Å². The predicted molar refractivity (Wildman–Crippen MR) is 129 cm³/mol. The molecule has 9 nitrogen and oxygen atoms in total. The summed E-state index contributed by atoms with van der Waals surface area (Å²) in [4.78, 5) is 24.2. The van der Waals surface area contributed by atoms with Crippen LogP contribution in [0.4, 0.5) is 13.2 Å². The number of benzene rings is 1. The molecule has 1 fully saturated rings. The van der Waals surface area contributed by atoms with Crippen molar-refractivity contribution < 1.29 is 36.3 Å². The van der Waals surface area contributed by atoms with Gasteiger partial charge >= 0.3 is 12.1 Å². The van der Waals surface area contributed by atoms with E-state index in [1.165, 1.54) is 21.9 Å². The highest BCUT2D eigenvalue weighted by Crippen LogP contribution is 2.24. The molecule has 0 unspecified atom stereocenters. The van der Waals surface area contributed by atoms with Crippen LogP contribution in [0.15, 0.2) is 41.8 Å². The van der Waals surface area contributed by atoms with Crippen molar-refractivity contribution in [3.05, 3.63) is 57.8 Å². The Balaban J connectivity index is 0.000000572. The number of alkyl halides is 3. The number of hydrogen-bond acceptors (Lipinski definition) is 6. The summed E-state index contributed by atoms with van der Waals surface area (Å²) >= 11 is 1.37. The minimum absolute atomic E-state index is 0.00791. The lowest BCUT2D eigenvalue weighted by Gasteiger charge is -2.25. The fraction of sp³-hybridized carbons (Fsp3) is 0.409. The van der Waals surface area contributed by atoms with Crippen molar-refractivity contribution in [2.45, 2.75) is 38.0 Å². The summed E-state index contributed by atoms with van der Waals surface area (Å²) in [6, 6.07) is 11.1. The number of aryl methyl sites for hydroxylation is 1. The Kier molecular flexibility index (Phi) is 10.0. The molecule has 1 saturated heterocycles. The largest absolute Gasteiger partial charge is 0.490 e. The van der Waals surface area contributed by atoms with Crippen LogP contribution in [0.3, 0.4) is 0 Å². The van der Waals surface area contributed by atoms with E-state index >= 15 is 0 Å². The number of amidine groups is 1. The van der Waals surface area contributed by atoms with E-state index in [1.807, 2.05) is 41.8 Å². The van der Waals surface area contributed by atoms with Crippen LogP contribution in [0.25, 0.3) is 0 Å². The van der Waals surface area contributed by atoms with Crippen molar-refractivity contribution in [3.63, 3.8) is 0 Å². The normalized spacial score (nSPS) is 16.1. The Hall–Kier alpha value is -2.97. The topological polar surface area (TPSA) is 145 Å². The fourth-order valence-electron chi connectivity index (χ4n) is 3.60. The van der Waals surface area contributed by atoms with Crippen molar-refractivity contribution in [1.29, 1.82) is 5.41 Å². The van der Waals surface area contributed by atoms with Gasteiger partial charge in [0.25, 0.3) is 0 Å². The SMILES string of the molecule is CS(=O)(=O)N(CCCc1ccccc1)[C@H]1CCN(Cc2csc(C(=N)N)c2)C1=O.O=C(O)C(F)(F)F. The smallest absolute Gasteiger partial charge is 0.475 e. The standard InChI is InChI=1S/C20H26N4O3S2.C2HF3O2/c1-29(26,27)24(10-5-8-15-6-3-2-4-7-15)17-9-11-23(20(17)25)13-16-12-18(19(21)22)28-14-16;3-2(4,5)1(6)7/h2-4,6-7,12,14,17H,5,8-11,13H2,1H3,(H3,21,22);(H,6,7)/t17-;/m0./s1. The number of nitrogens with zero attached hydrogens (tertiary/aromatic N) is 2. The van der Waals surface area contributed by atoms with Gasteiger partial charge in [-0.2, -0.15) is 17.5 Å². The molecule has 1 aromatic carbocycles. The summed E-state index contributed by atoms with van der Waals surface area (Å²) in [5.41, 5.74) is 7.56. The molecule has 1 aliphatic heterocycles. The average Bonchev–Trinajstić information content (AvgIpc) is 3.39. The second kappa shape index (κ2) is 12.3. The monoisotopic (exact) mass is 548 g/mol. The quantitative estimate of drug-likeness (QED) is 0.325. The molecule has 36 heavy (non-hydrogen) atoms. The summed E-state index contributed by atoms with van der Waals surface area (Å²) < 4.78 is 57.8. The number of likely N-dealkylation sites (tertiary alicyclic amines) is 1. The number of carbonyl (C=O) groups excluding carboxylic acids is 1. The van der Waals surface area contributed by atoms with E-state index in [1.54, 1.807) is 4.90 Å². The minimum Gasteiger partial charge on any atom is -0.475 e. The number of amides is 1. The number of aliphatic carboxylic acids is 1. The van der Waals surface area contributed by atoms with Gasteiger partial charge in [0, 0.05) is 19.6 Å². The predicted octanol–water partition coefficient (Wildman–Crippen LogP) is 2.66. The average molecular weight is 549 g/mol. The highest BCUT2D eigenvalue weighted by molar-refractivity contribution is 7.88. The van der Waals surface area contributed by atoms with E-state index in [2.05, 4.69) is 0 Å². The minimum atomic E-state index is -5.08. The third-order valence-electron chi connectivity index (χ3n) is 5.26. The van der Waals surface area contributed by atoms with E-state index in [0.717, 1.165) is 17.5 Å². The van der Waals surface area contributed by atoms with Crippen molar-refractivity contribution in [2.24, 2.45) is 5.73 Å². The molecule has 1 aliphatic rings. The van der Waals surface area contributed by atoms with Gasteiger partial charge in [-0.25, -0.2) is 13.2 Å². The maximum atomic E-state index is 12.9. The zero-order valence-electron chi connectivity index (χ0n) is 19.4. The summed E-state index contributed by atoms with van der Waals surface area (Å²) in [5, 5.41) is 16.5. The van der Waals surface area contributed by atoms with Crippen molar-refractivity contribution in [1.82, 2.24) is 9.21 Å². The second-order valence-corrected chi connectivity index (χ2v) is 10.9. The lowest BCUT2D eigenvalue weighted by molar-refractivity contribution is -0.192. The number of nitrogens with one attached hydrogen (secondary N) is 1. The lowest BCUT2D eigenvalue weighted by Crippen LogP contribution is -2.45. The van der Waals surface area contributed by atoms with Gasteiger partial charge in [0.15, 0.2) is 0 Å². The molecule has 2 aromatic rings. The van der Waals surface area contributed by atoms with Gasteiger partial charge in [-0.05, 0) is 41.8 Å². The number of nitrogen functional groups attached to an aromatic ring is 1. The molecule has 1 atom stereocenters. The molecule has 4 N–H and O–H groups in total. The second-order valence-electron chi connectivity index (χ2n) is 8.06. The van der Waals surface area contributed by atoms with E-state index < -0.39 is 28.2 Å². The molecule has 2 heterocycles. The maximum absolute atomic E-state index is 12.9. The lowest BCUT2D eigenvalue weighted by atomic mass is 10.1. The van der Waals surface area contributed by atoms with Crippen molar-refractivity contribution >= 4 is 39.1 Å². The third-order valence-corrected chi connectivity index (χ3v) is 7.57. The van der Waals surface area contributed by atoms with E-state index in [9.17, 15) is 26.4 Å². The molecule has 1 amide bonds. The summed E-state index contributed by atoms with van der Waals surface area (Å²) in [5.74, 6) is -2.91. The van der Waals surface area contributed by atoms with Gasteiger partial charge in [0.05, 0.1) is 11.1 Å². The summed E-state index contributed by atoms with van der Waals surface area (Å²) in [6.45, 7) is 1.24. The Morgan fingerprint density at radius 3 is 2.39 bits per heavy atom. The first-order valence-corrected chi connectivity index (χ1v) is 13.4.